The highest BCUT2D eigenvalue weighted by molar-refractivity contribution is 6.31. The summed E-state index contributed by atoms with van der Waals surface area (Å²) < 4.78 is 0. The number of amides is 1. The smallest absolute Gasteiger partial charge is 0.264 e. The Kier molecular flexibility index (Phi) is 4.39. The van der Waals surface area contributed by atoms with Gasteiger partial charge in [-0.1, -0.05) is 65.3 Å². The highest BCUT2D eigenvalue weighted by Crippen LogP contribution is 2.18. The van der Waals surface area contributed by atoms with Gasteiger partial charge in [0.25, 0.3) is 5.91 Å². The van der Waals surface area contributed by atoms with Crippen molar-refractivity contribution in [2.24, 2.45) is 5.16 Å². The molecule has 0 spiro atoms. The zero-order valence-corrected chi connectivity index (χ0v) is 12.6. The van der Waals surface area contributed by atoms with Gasteiger partial charge in [-0.3, -0.25) is 4.79 Å². The standard InChI is InChI=1S/C17H15ClN2O2/c18-14-9-5-4-8-13(14)11-19-17(21)16-10-15(20-22-16)12-6-2-1-3-7-12/h1-9,16H,10-11H2,(H,19,21). The van der Waals surface area contributed by atoms with E-state index in [0.29, 0.717) is 18.0 Å². The van der Waals surface area contributed by atoms with E-state index < -0.39 is 6.10 Å². The van der Waals surface area contributed by atoms with Gasteiger partial charge in [0.2, 0.25) is 6.10 Å². The summed E-state index contributed by atoms with van der Waals surface area (Å²) in [5.41, 5.74) is 2.64. The number of rotatable bonds is 4. The first kappa shape index (κ1) is 14.6. The van der Waals surface area contributed by atoms with Crippen LogP contribution in [0.5, 0.6) is 0 Å². The Hall–Kier alpha value is -2.33. The number of hydrogen-bond acceptors (Lipinski definition) is 3. The number of nitrogens with zero attached hydrogens (tertiary/aromatic N) is 1. The maximum Gasteiger partial charge on any atom is 0.264 e. The maximum absolute atomic E-state index is 12.2. The van der Waals surface area contributed by atoms with E-state index in [0.717, 1.165) is 16.8 Å². The van der Waals surface area contributed by atoms with Crippen molar-refractivity contribution in [2.75, 3.05) is 0 Å². The Balaban J connectivity index is 1.56. The lowest BCUT2D eigenvalue weighted by molar-refractivity contribution is -0.131. The molecule has 0 aliphatic carbocycles. The highest BCUT2D eigenvalue weighted by Gasteiger charge is 2.28. The summed E-state index contributed by atoms with van der Waals surface area (Å²) in [6.07, 6.45) is -0.115. The third-order valence-electron chi connectivity index (χ3n) is 3.48. The van der Waals surface area contributed by atoms with Crippen molar-refractivity contribution in [3.63, 3.8) is 0 Å². The quantitative estimate of drug-likeness (QED) is 0.942. The molecule has 0 saturated heterocycles. The number of carbonyl (C=O) groups is 1. The average Bonchev–Trinajstić information content (AvgIpc) is 3.05. The van der Waals surface area contributed by atoms with Crippen LogP contribution in [0.2, 0.25) is 5.02 Å². The van der Waals surface area contributed by atoms with Crippen LogP contribution in [0.4, 0.5) is 0 Å². The van der Waals surface area contributed by atoms with Crippen molar-refractivity contribution in [1.29, 1.82) is 0 Å². The highest BCUT2D eigenvalue weighted by atomic mass is 35.5. The topological polar surface area (TPSA) is 50.7 Å². The van der Waals surface area contributed by atoms with Crippen LogP contribution in [0.15, 0.2) is 59.8 Å². The van der Waals surface area contributed by atoms with Gasteiger partial charge in [-0.05, 0) is 17.2 Å². The lowest BCUT2D eigenvalue weighted by Gasteiger charge is -2.10. The SMILES string of the molecule is O=C(NCc1ccccc1Cl)C1CC(c2ccccc2)=NO1. The predicted molar refractivity (Wildman–Crippen MR) is 85.8 cm³/mol. The van der Waals surface area contributed by atoms with E-state index >= 15 is 0 Å². The van der Waals surface area contributed by atoms with Gasteiger partial charge in [-0.15, -0.1) is 0 Å². The Morgan fingerprint density at radius 2 is 1.91 bits per heavy atom. The van der Waals surface area contributed by atoms with Crippen LogP contribution in [0.1, 0.15) is 17.5 Å². The van der Waals surface area contributed by atoms with E-state index in [9.17, 15) is 4.79 Å². The fourth-order valence-corrected chi connectivity index (χ4v) is 2.46. The number of benzene rings is 2. The molecule has 1 unspecified atom stereocenters. The van der Waals surface area contributed by atoms with Gasteiger partial charge in [0, 0.05) is 18.0 Å². The van der Waals surface area contributed by atoms with Gasteiger partial charge in [-0.25, -0.2) is 0 Å². The second kappa shape index (κ2) is 6.62. The first-order chi connectivity index (χ1) is 10.7. The van der Waals surface area contributed by atoms with Gasteiger partial charge in [0.15, 0.2) is 0 Å². The molecule has 0 aromatic heterocycles. The third-order valence-corrected chi connectivity index (χ3v) is 3.85. The van der Waals surface area contributed by atoms with Crippen LogP contribution in [0, 0.1) is 0 Å². The first-order valence-corrected chi connectivity index (χ1v) is 7.41. The zero-order valence-electron chi connectivity index (χ0n) is 11.8. The largest absolute Gasteiger partial charge is 0.382 e. The van der Waals surface area contributed by atoms with Crippen molar-refractivity contribution < 1.29 is 9.63 Å². The Morgan fingerprint density at radius 3 is 2.68 bits per heavy atom. The summed E-state index contributed by atoms with van der Waals surface area (Å²) in [7, 11) is 0. The molecular formula is C17H15ClN2O2. The molecule has 2 aromatic rings. The summed E-state index contributed by atoms with van der Waals surface area (Å²) >= 11 is 6.07. The summed E-state index contributed by atoms with van der Waals surface area (Å²) in [5.74, 6) is -0.186. The predicted octanol–water partition coefficient (Wildman–Crippen LogP) is 3.15. The van der Waals surface area contributed by atoms with Crippen LogP contribution in [-0.4, -0.2) is 17.7 Å². The summed E-state index contributed by atoms with van der Waals surface area (Å²) in [6.45, 7) is 0.374. The molecule has 0 saturated carbocycles. The molecule has 2 aromatic carbocycles. The molecule has 1 heterocycles. The Labute approximate surface area is 133 Å². The second-order valence-corrected chi connectivity index (χ2v) is 5.42. The summed E-state index contributed by atoms with van der Waals surface area (Å²) in [4.78, 5) is 17.4. The molecule has 0 bridgehead atoms. The molecule has 112 valence electrons. The molecule has 5 heteroatoms. The van der Waals surface area contributed by atoms with E-state index in [1.807, 2.05) is 48.5 Å². The van der Waals surface area contributed by atoms with Crippen LogP contribution in [-0.2, 0) is 16.2 Å². The van der Waals surface area contributed by atoms with Crippen molar-refractivity contribution in [1.82, 2.24) is 5.32 Å². The van der Waals surface area contributed by atoms with Gasteiger partial charge in [0.05, 0.1) is 5.71 Å². The molecule has 1 amide bonds. The third kappa shape index (κ3) is 3.28. The van der Waals surface area contributed by atoms with Gasteiger partial charge in [-0.2, -0.15) is 0 Å². The number of carbonyl (C=O) groups excluding carboxylic acids is 1. The minimum Gasteiger partial charge on any atom is -0.382 e. The van der Waals surface area contributed by atoms with Crippen molar-refractivity contribution in [2.45, 2.75) is 19.1 Å². The normalized spacial score (nSPS) is 16.8. The monoisotopic (exact) mass is 314 g/mol. The molecule has 3 rings (SSSR count). The molecule has 4 nitrogen and oxygen atoms in total. The molecule has 1 aliphatic rings. The molecule has 22 heavy (non-hydrogen) atoms. The molecular weight excluding hydrogens is 300 g/mol. The second-order valence-electron chi connectivity index (χ2n) is 5.01. The van der Waals surface area contributed by atoms with Crippen molar-refractivity contribution in [3.05, 3.63) is 70.7 Å². The number of halogens is 1. The van der Waals surface area contributed by atoms with Crippen LogP contribution in [0.3, 0.4) is 0 Å². The average molecular weight is 315 g/mol. The Morgan fingerprint density at radius 1 is 1.18 bits per heavy atom. The fourth-order valence-electron chi connectivity index (χ4n) is 2.26. The Bertz CT molecular complexity index is 701. The van der Waals surface area contributed by atoms with E-state index in [4.69, 9.17) is 16.4 Å². The number of hydrogen-bond donors (Lipinski definition) is 1. The molecule has 1 aliphatic heterocycles. The van der Waals surface area contributed by atoms with E-state index in [1.54, 1.807) is 6.07 Å². The minimum atomic E-state index is -0.585. The summed E-state index contributed by atoms with van der Waals surface area (Å²) in [5, 5.41) is 7.48. The molecule has 1 N–H and O–H groups in total. The van der Waals surface area contributed by atoms with Crippen LogP contribution in [0.25, 0.3) is 0 Å². The van der Waals surface area contributed by atoms with E-state index in [2.05, 4.69) is 10.5 Å². The molecule has 0 radical (unpaired) electrons. The van der Waals surface area contributed by atoms with E-state index in [1.165, 1.54) is 0 Å². The molecule has 1 atom stereocenters. The number of oxime groups is 1. The first-order valence-electron chi connectivity index (χ1n) is 7.03. The zero-order chi connectivity index (χ0) is 15.4. The maximum atomic E-state index is 12.2. The van der Waals surface area contributed by atoms with E-state index in [-0.39, 0.29) is 5.91 Å². The van der Waals surface area contributed by atoms with Crippen molar-refractivity contribution in [3.8, 4) is 0 Å². The minimum absolute atomic E-state index is 0.186. The van der Waals surface area contributed by atoms with Crippen molar-refractivity contribution >= 4 is 23.2 Å². The van der Waals surface area contributed by atoms with Crippen LogP contribution >= 0.6 is 11.6 Å². The van der Waals surface area contributed by atoms with Gasteiger partial charge >= 0.3 is 0 Å². The summed E-state index contributed by atoms with van der Waals surface area (Å²) in [6, 6.07) is 17.1. The fraction of sp³-hybridized carbons (Fsp3) is 0.176. The van der Waals surface area contributed by atoms with Gasteiger partial charge in [0.1, 0.15) is 0 Å². The number of nitrogens with one attached hydrogen (secondary N) is 1. The lowest BCUT2D eigenvalue weighted by Crippen LogP contribution is -2.34. The van der Waals surface area contributed by atoms with Crippen LogP contribution < -0.4 is 5.32 Å². The molecule has 0 fully saturated rings. The lowest BCUT2D eigenvalue weighted by atomic mass is 10.0. The van der Waals surface area contributed by atoms with Gasteiger partial charge < -0.3 is 10.2 Å².